The molecule has 0 spiro atoms. The Balaban J connectivity index is 1.68. The SMILES string of the molecule is C=CC(=O)Nc1cccc(Nc2nc(NC(C=NC3CCN(C)CC3)=CN)ncc2F)c1. The summed E-state index contributed by atoms with van der Waals surface area (Å²) in [4.78, 5) is 26.5. The van der Waals surface area contributed by atoms with Gasteiger partial charge in [-0.2, -0.15) is 4.98 Å². The Hall–Kier alpha value is -3.79. The summed E-state index contributed by atoms with van der Waals surface area (Å²) in [6.45, 7) is 5.43. The summed E-state index contributed by atoms with van der Waals surface area (Å²) in [6.07, 6.45) is 7.21. The number of nitrogens with one attached hydrogen (secondary N) is 3. The van der Waals surface area contributed by atoms with Crippen molar-refractivity contribution in [3.05, 3.63) is 60.8 Å². The molecule has 0 unspecified atom stereocenters. The Morgan fingerprint density at radius 2 is 2.06 bits per heavy atom. The highest BCUT2D eigenvalue weighted by Gasteiger charge is 2.15. The molecule has 0 saturated carbocycles. The molecule has 1 saturated heterocycles. The number of hydrogen-bond donors (Lipinski definition) is 4. The quantitative estimate of drug-likeness (QED) is 0.369. The second-order valence-corrected chi connectivity index (χ2v) is 7.35. The fraction of sp³-hybridized carbons (Fsp3) is 0.273. The summed E-state index contributed by atoms with van der Waals surface area (Å²) in [5, 5.41) is 8.49. The molecule has 1 aromatic carbocycles. The first kappa shape index (κ1) is 22.9. The van der Waals surface area contributed by atoms with Crippen LogP contribution in [0.4, 0.5) is 27.5 Å². The smallest absolute Gasteiger partial charge is 0.247 e. The maximum absolute atomic E-state index is 14.3. The maximum atomic E-state index is 14.3. The van der Waals surface area contributed by atoms with Crippen molar-refractivity contribution in [3.8, 4) is 0 Å². The third-order valence-electron chi connectivity index (χ3n) is 4.87. The third kappa shape index (κ3) is 6.61. The molecule has 1 aliphatic rings. The number of allylic oxidation sites excluding steroid dienone is 1. The number of carbonyl (C=O) groups excluding carboxylic acids is 1. The lowest BCUT2D eigenvalue weighted by atomic mass is 10.1. The molecule has 1 amide bonds. The summed E-state index contributed by atoms with van der Waals surface area (Å²) in [7, 11) is 2.10. The third-order valence-corrected chi connectivity index (χ3v) is 4.87. The number of benzene rings is 1. The molecule has 1 aliphatic heterocycles. The summed E-state index contributed by atoms with van der Waals surface area (Å²) >= 11 is 0. The van der Waals surface area contributed by atoms with Crippen molar-refractivity contribution in [1.82, 2.24) is 14.9 Å². The molecule has 5 N–H and O–H groups in total. The van der Waals surface area contributed by atoms with Gasteiger partial charge in [-0.15, -0.1) is 0 Å². The van der Waals surface area contributed by atoms with Gasteiger partial charge in [0.2, 0.25) is 11.9 Å². The fourth-order valence-corrected chi connectivity index (χ4v) is 3.10. The van der Waals surface area contributed by atoms with E-state index in [4.69, 9.17) is 5.73 Å². The summed E-state index contributed by atoms with van der Waals surface area (Å²) in [5.41, 5.74) is 7.29. The molecule has 3 rings (SSSR count). The first-order chi connectivity index (χ1) is 15.5. The highest BCUT2D eigenvalue weighted by molar-refractivity contribution is 5.99. The number of carbonyl (C=O) groups is 1. The topological polar surface area (TPSA) is 121 Å². The predicted molar refractivity (Wildman–Crippen MR) is 125 cm³/mol. The number of piperidine rings is 1. The number of likely N-dealkylation sites (tertiary alicyclic amines) is 1. The normalized spacial score (nSPS) is 15.5. The highest BCUT2D eigenvalue weighted by Crippen LogP contribution is 2.22. The van der Waals surface area contributed by atoms with E-state index in [0.717, 1.165) is 32.1 Å². The minimum absolute atomic E-state index is 0.0293. The lowest BCUT2D eigenvalue weighted by Crippen LogP contribution is -2.32. The van der Waals surface area contributed by atoms with Crippen molar-refractivity contribution in [2.24, 2.45) is 10.7 Å². The molecule has 1 fully saturated rings. The van der Waals surface area contributed by atoms with Crippen LogP contribution in [0.25, 0.3) is 0 Å². The fourth-order valence-electron chi connectivity index (χ4n) is 3.10. The van der Waals surface area contributed by atoms with Gasteiger partial charge in [-0.3, -0.25) is 9.79 Å². The van der Waals surface area contributed by atoms with Crippen molar-refractivity contribution >= 4 is 35.3 Å². The van der Waals surface area contributed by atoms with E-state index in [-0.39, 0.29) is 23.7 Å². The van der Waals surface area contributed by atoms with Crippen LogP contribution in [0.2, 0.25) is 0 Å². The largest absolute Gasteiger partial charge is 0.403 e. The first-order valence-corrected chi connectivity index (χ1v) is 10.2. The highest BCUT2D eigenvalue weighted by atomic mass is 19.1. The van der Waals surface area contributed by atoms with E-state index in [0.29, 0.717) is 17.1 Å². The van der Waals surface area contributed by atoms with Crippen LogP contribution in [0.5, 0.6) is 0 Å². The van der Waals surface area contributed by atoms with Gasteiger partial charge >= 0.3 is 0 Å². The second-order valence-electron chi connectivity index (χ2n) is 7.35. The van der Waals surface area contributed by atoms with Crippen LogP contribution in [0, 0.1) is 5.82 Å². The van der Waals surface area contributed by atoms with Crippen LogP contribution in [-0.4, -0.2) is 53.2 Å². The maximum Gasteiger partial charge on any atom is 0.247 e. The van der Waals surface area contributed by atoms with E-state index in [1.165, 1.54) is 12.3 Å². The number of amides is 1. The monoisotopic (exact) mass is 438 g/mol. The number of aliphatic imine (C=N–C) groups is 1. The Bertz CT molecular complexity index is 1010. The average molecular weight is 439 g/mol. The van der Waals surface area contributed by atoms with Gasteiger partial charge in [-0.05, 0) is 57.3 Å². The zero-order valence-electron chi connectivity index (χ0n) is 17.9. The average Bonchev–Trinajstić information content (AvgIpc) is 2.80. The Kier molecular flexibility index (Phi) is 7.87. The van der Waals surface area contributed by atoms with Crippen molar-refractivity contribution < 1.29 is 9.18 Å². The van der Waals surface area contributed by atoms with E-state index in [9.17, 15) is 9.18 Å². The van der Waals surface area contributed by atoms with Gasteiger partial charge in [0.25, 0.3) is 0 Å². The number of nitrogens with zero attached hydrogens (tertiary/aromatic N) is 4. The molecule has 0 aliphatic carbocycles. The van der Waals surface area contributed by atoms with Crippen LogP contribution in [0.1, 0.15) is 12.8 Å². The minimum Gasteiger partial charge on any atom is -0.403 e. The minimum atomic E-state index is -0.630. The molecule has 168 valence electrons. The number of anilines is 4. The lowest BCUT2D eigenvalue weighted by molar-refractivity contribution is -0.111. The summed E-state index contributed by atoms with van der Waals surface area (Å²) in [5.74, 6) is -0.839. The molecular weight excluding hydrogens is 411 g/mol. The zero-order chi connectivity index (χ0) is 22.9. The molecule has 1 aromatic heterocycles. The Morgan fingerprint density at radius 3 is 2.78 bits per heavy atom. The number of halogens is 1. The van der Waals surface area contributed by atoms with Crippen LogP contribution in [0.3, 0.4) is 0 Å². The van der Waals surface area contributed by atoms with Crippen LogP contribution in [-0.2, 0) is 4.79 Å². The first-order valence-electron chi connectivity index (χ1n) is 10.2. The van der Waals surface area contributed by atoms with Crippen LogP contribution >= 0.6 is 0 Å². The van der Waals surface area contributed by atoms with E-state index in [1.807, 2.05) is 0 Å². The molecule has 0 bridgehead atoms. The van der Waals surface area contributed by atoms with Gasteiger partial charge in [0, 0.05) is 23.8 Å². The Morgan fingerprint density at radius 1 is 1.31 bits per heavy atom. The van der Waals surface area contributed by atoms with Crippen molar-refractivity contribution in [3.63, 3.8) is 0 Å². The van der Waals surface area contributed by atoms with Crippen LogP contribution < -0.4 is 21.7 Å². The van der Waals surface area contributed by atoms with Crippen molar-refractivity contribution in [2.75, 3.05) is 36.1 Å². The number of aromatic nitrogens is 2. The molecule has 2 heterocycles. The second kappa shape index (κ2) is 11.0. The molecule has 32 heavy (non-hydrogen) atoms. The number of hydrogen-bond acceptors (Lipinski definition) is 8. The molecule has 10 heteroatoms. The van der Waals surface area contributed by atoms with Gasteiger partial charge in [0.15, 0.2) is 11.6 Å². The standard InChI is InChI=1S/C22H27FN8O/c1-3-20(32)27-16-5-4-6-17(11-16)28-21-19(23)14-26-22(30-21)29-18(12-24)13-25-15-7-9-31(2)10-8-15/h3-6,11-15H,1,7-10,24H2,2H3,(H,27,32)(H2,26,28,29,30). The predicted octanol–water partition coefficient (Wildman–Crippen LogP) is 2.86. The lowest BCUT2D eigenvalue weighted by Gasteiger charge is -2.26. The molecular formula is C22H27FN8O. The van der Waals surface area contributed by atoms with Crippen molar-refractivity contribution in [1.29, 1.82) is 0 Å². The zero-order valence-corrected chi connectivity index (χ0v) is 17.9. The van der Waals surface area contributed by atoms with E-state index in [2.05, 4.69) is 49.4 Å². The summed E-state index contributed by atoms with van der Waals surface area (Å²) < 4.78 is 14.3. The molecule has 9 nitrogen and oxygen atoms in total. The summed E-state index contributed by atoms with van der Waals surface area (Å²) in [6, 6.07) is 7.03. The van der Waals surface area contributed by atoms with Gasteiger partial charge in [-0.1, -0.05) is 12.6 Å². The van der Waals surface area contributed by atoms with E-state index in [1.54, 1.807) is 30.5 Å². The van der Waals surface area contributed by atoms with E-state index >= 15 is 0 Å². The van der Waals surface area contributed by atoms with Gasteiger partial charge in [-0.25, -0.2) is 9.37 Å². The van der Waals surface area contributed by atoms with Gasteiger partial charge in [0.1, 0.15) is 0 Å². The Labute approximate surface area is 186 Å². The molecule has 0 atom stereocenters. The van der Waals surface area contributed by atoms with E-state index < -0.39 is 5.82 Å². The van der Waals surface area contributed by atoms with Gasteiger partial charge < -0.3 is 26.6 Å². The van der Waals surface area contributed by atoms with Crippen LogP contribution in [0.15, 0.2) is 60.0 Å². The molecule has 0 radical (unpaired) electrons. The number of nitrogens with two attached hydrogens (primary N) is 1. The van der Waals surface area contributed by atoms with Crippen molar-refractivity contribution in [2.45, 2.75) is 18.9 Å². The molecule has 2 aromatic rings. The van der Waals surface area contributed by atoms with Gasteiger partial charge in [0.05, 0.1) is 17.9 Å². The number of rotatable bonds is 8.